The van der Waals surface area contributed by atoms with Crippen LogP contribution >= 0.6 is 0 Å². The Kier molecular flexibility index (Phi) is 5.19. The van der Waals surface area contributed by atoms with E-state index >= 15 is 0 Å². The maximum Gasteiger partial charge on any atom is 0.0682 e. The van der Waals surface area contributed by atoms with Crippen molar-refractivity contribution in [2.75, 3.05) is 5.32 Å². The molecule has 0 radical (unpaired) electrons. The maximum absolute atomic E-state index is 9.15. The van der Waals surface area contributed by atoms with Crippen molar-refractivity contribution in [2.24, 2.45) is 0 Å². The summed E-state index contributed by atoms with van der Waals surface area (Å²) >= 11 is 0. The van der Waals surface area contributed by atoms with Gasteiger partial charge in [0.1, 0.15) is 0 Å². The van der Waals surface area contributed by atoms with Crippen molar-refractivity contribution >= 4 is 5.69 Å². The summed E-state index contributed by atoms with van der Waals surface area (Å²) in [5.41, 5.74) is 4.73. The van der Waals surface area contributed by atoms with Crippen molar-refractivity contribution in [1.29, 1.82) is 0 Å². The number of rotatable bonds is 6. The van der Waals surface area contributed by atoms with Crippen LogP contribution in [0.5, 0.6) is 0 Å². The van der Waals surface area contributed by atoms with E-state index in [0.29, 0.717) is 6.04 Å². The minimum absolute atomic E-state index is 0.0905. The first-order valence-electron chi connectivity index (χ1n) is 7.19. The molecular formula is C18H23NO. The van der Waals surface area contributed by atoms with Crippen LogP contribution < -0.4 is 5.32 Å². The highest BCUT2D eigenvalue weighted by molar-refractivity contribution is 5.46. The molecule has 0 aliphatic rings. The summed E-state index contributed by atoms with van der Waals surface area (Å²) < 4.78 is 0. The van der Waals surface area contributed by atoms with Crippen molar-refractivity contribution in [1.82, 2.24) is 0 Å². The zero-order chi connectivity index (χ0) is 14.4. The first kappa shape index (κ1) is 14.6. The van der Waals surface area contributed by atoms with Gasteiger partial charge in [0.15, 0.2) is 0 Å². The summed E-state index contributed by atoms with van der Waals surface area (Å²) in [7, 11) is 0. The molecule has 2 nitrogen and oxygen atoms in total. The fourth-order valence-electron chi connectivity index (χ4n) is 2.37. The molecule has 0 saturated carbocycles. The molecule has 2 N–H and O–H groups in total. The van der Waals surface area contributed by atoms with Gasteiger partial charge in [0.2, 0.25) is 0 Å². The van der Waals surface area contributed by atoms with Crippen molar-refractivity contribution in [2.45, 2.75) is 39.3 Å². The third kappa shape index (κ3) is 4.39. The number of aliphatic hydroxyl groups is 1. The van der Waals surface area contributed by atoms with Crippen LogP contribution in [-0.4, -0.2) is 11.1 Å². The van der Waals surface area contributed by atoms with E-state index in [2.05, 4.69) is 43.4 Å². The smallest absolute Gasteiger partial charge is 0.0682 e. The lowest BCUT2D eigenvalue weighted by atomic mass is 10.0. The molecule has 0 aliphatic heterocycles. The molecule has 2 aromatic rings. The average molecular weight is 269 g/mol. The zero-order valence-corrected chi connectivity index (χ0v) is 12.3. The molecular weight excluding hydrogens is 246 g/mol. The molecule has 2 rings (SSSR count). The second kappa shape index (κ2) is 7.11. The van der Waals surface area contributed by atoms with E-state index < -0.39 is 0 Å². The predicted octanol–water partition coefficient (Wildman–Crippen LogP) is 3.92. The Hall–Kier alpha value is -1.80. The van der Waals surface area contributed by atoms with Crippen LogP contribution in [0.2, 0.25) is 0 Å². The summed E-state index contributed by atoms with van der Waals surface area (Å²) in [6, 6.07) is 17.0. The highest BCUT2D eigenvalue weighted by Crippen LogP contribution is 2.14. The molecule has 0 bridgehead atoms. The highest BCUT2D eigenvalue weighted by Gasteiger charge is 2.03. The van der Waals surface area contributed by atoms with Gasteiger partial charge in [-0.05, 0) is 49.9 Å². The number of anilines is 1. The topological polar surface area (TPSA) is 32.3 Å². The van der Waals surface area contributed by atoms with Gasteiger partial charge in [-0.3, -0.25) is 0 Å². The van der Waals surface area contributed by atoms with Crippen molar-refractivity contribution in [3.05, 3.63) is 65.2 Å². The summed E-state index contributed by atoms with van der Waals surface area (Å²) in [6.45, 7) is 4.42. The molecule has 0 aliphatic carbocycles. The SMILES string of the molecule is Cc1cccc(CCC(C)Nc2cccc(CO)c2)c1. The van der Waals surface area contributed by atoms with E-state index in [4.69, 9.17) is 5.11 Å². The van der Waals surface area contributed by atoms with E-state index in [0.717, 1.165) is 24.1 Å². The Balaban J connectivity index is 1.87. The lowest BCUT2D eigenvalue weighted by molar-refractivity contribution is 0.282. The van der Waals surface area contributed by atoms with Crippen LogP contribution in [0.3, 0.4) is 0 Å². The summed E-state index contributed by atoms with van der Waals surface area (Å²) in [6.07, 6.45) is 2.17. The van der Waals surface area contributed by atoms with Crippen LogP contribution in [0, 0.1) is 6.92 Å². The Morgan fingerprint density at radius 1 is 1.05 bits per heavy atom. The molecule has 0 fully saturated rings. The predicted molar refractivity (Wildman–Crippen MR) is 84.9 cm³/mol. The van der Waals surface area contributed by atoms with Crippen LogP contribution in [-0.2, 0) is 13.0 Å². The van der Waals surface area contributed by atoms with Crippen molar-refractivity contribution in [3.8, 4) is 0 Å². The molecule has 20 heavy (non-hydrogen) atoms. The first-order valence-corrected chi connectivity index (χ1v) is 7.19. The minimum atomic E-state index is 0.0905. The molecule has 1 unspecified atom stereocenters. The number of aryl methyl sites for hydroxylation is 2. The van der Waals surface area contributed by atoms with Gasteiger partial charge in [-0.1, -0.05) is 42.0 Å². The molecule has 106 valence electrons. The van der Waals surface area contributed by atoms with Gasteiger partial charge in [-0.2, -0.15) is 0 Å². The molecule has 1 atom stereocenters. The number of hydrogen-bond donors (Lipinski definition) is 2. The molecule has 0 heterocycles. The van der Waals surface area contributed by atoms with Crippen LogP contribution in [0.1, 0.15) is 30.0 Å². The third-order valence-corrected chi connectivity index (χ3v) is 3.47. The van der Waals surface area contributed by atoms with E-state index in [9.17, 15) is 0 Å². The number of hydrogen-bond acceptors (Lipinski definition) is 2. The van der Waals surface area contributed by atoms with Crippen molar-refractivity contribution < 1.29 is 5.11 Å². The van der Waals surface area contributed by atoms with Crippen LogP contribution in [0.4, 0.5) is 5.69 Å². The zero-order valence-electron chi connectivity index (χ0n) is 12.3. The Morgan fingerprint density at radius 3 is 2.55 bits per heavy atom. The molecule has 0 aromatic heterocycles. The second-order valence-corrected chi connectivity index (χ2v) is 5.43. The van der Waals surface area contributed by atoms with E-state index in [1.165, 1.54) is 11.1 Å². The second-order valence-electron chi connectivity index (χ2n) is 5.43. The van der Waals surface area contributed by atoms with Gasteiger partial charge in [-0.25, -0.2) is 0 Å². The van der Waals surface area contributed by atoms with Crippen molar-refractivity contribution in [3.63, 3.8) is 0 Å². The van der Waals surface area contributed by atoms with E-state index in [-0.39, 0.29) is 6.61 Å². The van der Waals surface area contributed by atoms with Gasteiger partial charge in [0.25, 0.3) is 0 Å². The van der Waals surface area contributed by atoms with E-state index in [1.54, 1.807) is 0 Å². The Morgan fingerprint density at radius 2 is 1.80 bits per heavy atom. The molecule has 2 heteroatoms. The minimum Gasteiger partial charge on any atom is -0.392 e. The van der Waals surface area contributed by atoms with Crippen LogP contribution in [0.25, 0.3) is 0 Å². The van der Waals surface area contributed by atoms with Gasteiger partial charge >= 0.3 is 0 Å². The highest BCUT2D eigenvalue weighted by atomic mass is 16.3. The fourth-order valence-corrected chi connectivity index (χ4v) is 2.37. The van der Waals surface area contributed by atoms with Gasteiger partial charge in [0, 0.05) is 11.7 Å². The molecule has 0 saturated heterocycles. The first-order chi connectivity index (χ1) is 9.67. The monoisotopic (exact) mass is 269 g/mol. The third-order valence-electron chi connectivity index (χ3n) is 3.47. The van der Waals surface area contributed by atoms with Gasteiger partial charge in [0.05, 0.1) is 6.61 Å². The number of nitrogens with one attached hydrogen (secondary N) is 1. The summed E-state index contributed by atoms with van der Waals surface area (Å²) in [5, 5.41) is 12.6. The summed E-state index contributed by atoms with van der Waals surface area (Å²) in [4.78, 5) is 0. The van der Waals surface area contributed by atoms with E-state index in [1.807, 2.05) is 24.3 Å². The Labute approximate surface area is 121 Å². The van der Waals surface area contributed by atoms with Gasteiger partial charge in [-0.15, -0.1) is 0 Å². The molecule has 2 aromatic carbocycles. The Bertz CT molecular complexity index is 551. The number of benzene rings is 2. The normalized spacial score (nSPS) is 12.2. The molecule has 0 spiro atoms. The lowest BCUT2D eigenvalue weighted by Gasteiger charge is -2.16. The van der Waals surface area contributed by atoms with Gasteiger partial charge < -0.3 is 10.4 Å². The fraction of sp³-hybridized carbons (Fsp3) is 0.333. The molecule has 0 amide bonds. The van der Waals surface area contributed by atoms with Crippen LogP contribution in [0.15, 0.2) is 48.5 Å². The quantitative estimate of drug-likeness (QED) is 0.833. The standard InChI is InChI=1S/C18H23NO/c1-14-5-3-6-16(11-14)10-9-15(2)19-18-8-4-7-17(12-18)13-20/h3-8,11-12,15,19-20H,9-10,13H2,1-2H3. The lowest BCUT2D eigenvalue weighted by Crippen LogP contribution is -2.16. The average Bonchev–Trinajstić information content (AvgIpc) is 2.45. The summed E-state index contributed by atoms with van der Waals surface area (Å²) in [5.74, 6) is 0. The largest absolute Gasteiger partial charge is 0.392 e. The maximum atomic E-state index is 9.15. The number of aliphatic hydroxyl groups excluding tert-OH is 1.